The molecule has 0 aromatic carbocycles. The van der Waals surface area contributed by atoms with Gasteiger partial charge in [0.05, 0.1) is 6.10 Å². The molecule has 0 aliphatic carbocycles. The third-order valence-corrected chi connectivity index (χ3v) is 4.21. The van der Waals surface area contributed by atoms with Crippen molar-refractivity contribution < 1.29 is 4.74 Å². The van der Waals surface area contributed by atoms with Crippen LogP contribution in [0.25, 0.3) is 0 Å². The highest BCUT2D eigenvalue weighted by Gasteiger charge is 2.22. The molecule has 1 aliphatic rings. The maximum atomic E-state index is 6.03. The van der Waals surface area contributed by atoms with Crippen molar-refractivity contribution in [2.45, 2.75) is 58.6 Å². The van der Waals surface area contributed by atoms with Crippen molar-refractivity contribution >= 4 is 5.82 Å². The van der Waals surface area contributed by atoms with Crippen molar-refractivity contribution in [3.05, 3.63) is 23.4 Å². The van der Waals surface area contributed by atoms with Crippen LogP contribution in [0.3, 0.4) is 0 Å². The SMILES string of the molecule is CCOC1CCCN(c2ncc(CC(N)CC)cc2C)C1. The number of rotatable bonds is 6. The number of nitrogens with zero attached hydrogens (tertiary/aromatic N) is 2. The Morgan fingerprint density at radius 1 is 1.48 bits per heavy atom. The summed E-state index contributed by atoms with van der Waals surface area (Å²) in [5.41, 5.74) is 8.52. The quantitative estimate of drug-likeness (QED) is 0.875. The second-order valence-corrected chi connectivity index (χ2v) is 6.02. The summed E-state index contributed by atoms with van der Waals surface area (Å²) >= 11 is 0. The third kappa shape index (κ3) is 4.42. The van der Waals surface area contributed by atoms with Gasteiger partial charge in [-0.15, -0.1) is 0 Å². The van der Waals surface area contributed by atoms with Gasteiger partial charge >= 0.3 is 0 Å². The molecule has 21 heavy (non-hydrogen) atoms. The molecule has 2 rings (SSSR count). The molecule has 0 bridgehead atoms. The zero-order valence-electron chi connectivity index (χ0n) is 13.6. The summed E-state index contributed by atoms with van der Waals surface area (Å²) in [5, 5.41) is 0. The Bertz CT molecular complexity index is 448. The fourth-order valence-corrected chi connectivity index (χ4v) is 3.02. The molecule has 0 saturated carbocycles. The predicted octanol–water partition coefficient (Wildman–Crippen LogP) is 2.68. The normalized spacial score (nSPS) is 20.6. The summed E-state index contributed by atoms with van der Waals surface area (Å²) in [7, 11) is 0. The van der Waals surface area contributed by atoms with Gasteiger partial charge in [0.1, 0.15) is 5.82 Å². The van der Waals surface area contributed by atoms with Crippen LogP contribution in [0.4, 0.5) is 5.82 Å². The van der Waals surface area contributed by atoms with Crippen LogP contribution in [-0.4, -0.2) is 36.8 Å². The van der Waals surface area contributed by atoms with Crippen molar-refractivity contribution in [2.75, 3.05) is 24.6 Å². The van der Waals surface area contributed by atoms with Gasteiger partial charge < -0.3 is 15.4 Å². The highest BCUT2D eigenvalue weighted by Crippen LogP contribution is 2.23. The Kier molecular flexibility index (Phi) is 6.00. The lowest BCUT2D eigenvalue weighted by molar-refractivity contribution is 0.0525. The molecule has 1 aromatic heterocycles. The highest BCUT2D eigenvalue weighted by molar-refractivity contribution is 5.48. The smallest absolute Gasteiger partial charge is 0.131 e. The fraction of sp³-hybridized carbons (Fsp3) is 0.706. The van der Waals surface area contributed by atoms with E-state index < -0.39 is 0 Å². The number of hydrogen-bond donors (Lipinski definition) is 1. The molecule has 2 heterocycles. The van der Waals surface area contributed by atoms with Crippen LogP contribution in [0.2, 0.25) is 0 Å². The number of hydrogen-bond acceptors (Lipinski definition) is 4. The standard InChI is InChI=1S/C17H29N3O/c1-4-15(18)10-14-9-13(3)17(19-11-14)20-8-6-7-16(12-20)21-5-2/h9,11,15-16H,4-8,10,12,18H2,1-3H3. The molecule has 0 radical (unpaired) electrons. The molecular weight excluding hydrogens is 262 g/mol. The van der Waals surface area contributed by atoms with E-state index in [-0.39, 0.29) is 6.04 Å². The molecule has 1 fully saturated rings. The zero-order valence-corrected chi connectivity index (χ0v) is 13.6. The van der Waals surface area contributed by atoms with Crippen molar-refractivity contribution in [3.8, 4) is 0 Å². The maximum Gasteiger partial charge on any atom is 0.131 e. The lowest BCUT2D eigenvalue weighted by atomic mass is 10.0. The summed E-state index contributed by atoms with van der Waals surface area (Å²) in [6, 6.07) is 2.47. The van der Waals surface area contributed by atoms with E-state index in [0.717, 1.165) is 44.8 Å². The molecule has 4 heteroatoms. The summed E-state index contributed by atoms with van der Waals surface area (Å²) in [6.07, 6.45) is 6.58. The monoisotopic (exact) mass is 291 g/mol. The summed E-state index contributed by atoms with van der Waals surface area (Å²) < 4.78 is 5.78. The van der Waals surface area contributed by atoms with E-state index in [0.29, 0.717) is 6.10 Å². The van der Waals surface area contributed by atoms with E-state index in [1.807, 2.05) is 6.20 Å². The first-order valence-corrected chi connectivity index (χ1v) is 8.21. The van der Waals surface area contributed by atoms with Gasteiger partial charge in [0.15, 0.2) is 0 Å². The molecule has 1 aromatic rings. The molecule has 0 amide bonds. The van der Waals surface area contributed by atoms with E-state index in [1.165, 1.54) is 17.5 Å². The van der Waals surface area contributed by atoms with E-state index in [9.17, 15) is 0 Å². The van der Waals surface area contributed by atoms with Crippen LogP contribution in [0, 0.1) is 6.92 Å². The van der Waals surface area contributed by atoms with Gasteiger partial charge in [-0.05, 0) is 50.7 Å². The fourth-order valence-electron chi connectivity index (χ4n) is 3.02. The highest BCUT2D eigenvalue weighted by atomic mass is 16.5. The van der Waals surface area contributed by atoms with Crippen molar-refractivity contribution in [2.24, 2.45) is 5.73 Å². The summed E-state index contributed by atoms with van der Waals surface area (Å²) in [6.45, 7) is 9.15. The average molecular weight is 291 g/mol. The van der Waals surface area contributed by atoms with Gasteiger partial charge in [-0.3, -0.25) is 0 Å². The minimum atomic E-state index is 0.231. The number of anilines is 1. The summed E-state index contributed by atoms with van der Waals surface area (Å²) in [4.78, 5) is 7.06. The van der Waals surface area contributed by atoms with Gasteiger partial charge in [0.25, 0.3) is 0 Å². The van der Waals surface area contributed by atoms with Crippen LogP contribution < -0.4 is 10.6 Å². The molecule has 2 unspecified atom stereocenters. The largest absolute Gasteiger partial charge is 0.377 e. The molecular formula is C17H29N3O. The van der Waals surface area contributed by atoms with E-state index in [1.54, 1.807) is 0 Å². The number of nitrogens with two attached hydrogens (primary N) is 1. The van der Waals surface area contributed by atoms with Crippen molar-refractivity contribution in [1.29, 1.82) is 0 Å². The van der Waals surface area contributed by atoms with E-state index >= 15 is 0 Å². The lowest BCUT2D eigenvalue weighted by Crippen LogP contribution is -2.40. The molecule has 2 atom stereocenters. The van der Waals surface area contributed by atoms with Crippen LogP contribution in [-0.2, 0) is 11.2 Å². The minimum absolute atomic E-state index is 0.231. The molecule has 2 N–H and O–H groups in total. The summed E-state index contributed by atoms with van der Waals surface area (Å²) in [5.74, 6) is 1.10. The van der Waals surface area contributed by atoms with Crippen LogP contribution in [0.1, 0.15) is 44.2 Å². The van der Waals surface area contributed by atoms with Gasteiger partial charge in [-0.25, -0.2) is 4.98 Å². The van der Waals surface area contributed by atoms with Crippen LogP contribution >= 0.6 is 0 Å². The molecule has 118 valence electrons. The van der Waals surface area contributed by atoms with Crippen molar-refractivity contribution in [1.82, 2.24) is 4.98 Å². The van der Waals surface area contributed by atoms with Gasteiger partial charge in [-0.2, -0.15) is 0 Å². The van der Waals surface area contributed by atoms with Gasteiger partial charge in [0, 0.05) is 31.9 Å². The Labute approximate surface area is 128 Å². The van der Waals surface area contributed by atoms with E-state index in [2.05, 4.69) is 31.7 Å². The number of piperidine rings is 1. The number of pyridine rings is 1. The van der Waals surface area contributed by atoms with Gasteiger partial charge in [-0.1, -0.05) is 13.0 Å². The van der Waals surface area contributed by atoms with Crippen molar-refractivity contribution in [3.63, 3.8) is 0 Å². The zero-order chi connectivity index (χ0) is 15.2. The Morgan fingerprint density at radius 3 is 2.95 bits per heavy atom. The Balaban J connectivity index is 2.06. The number of ether oxygens (including phenoxy) is 1. The number of aryl methyl sites for hydroxylation is 1. The van der Waals surface area contributed by atoms with Gasteiger partial charge in [0.2, 0.25) is 0 Å². The Morgan fingerprint density at radius 2 is 2.29 bits per heavy atom. The molecule has 1 aliphatic heterocycles. The molecule has 4 nitrogen and oxygen atoms in total. The lowest BCUT2D eigenvalue weighted by Gasteiger charge is -2.34. The first-order valence-electron chi connectivity index (χ1n) is 8.21. The van der Waals surface area contributed by atoms with E-state index in [4.69, 9.17) is 15.5 Å². The number of aromatic nitrogens is 1. The van der Waals surface area contributed by atoms with Crippen LogP contribution in [0.5, 0.6) is 0 Å². The van der Waals surface area contributed by atoms with Crippen LogP contribution in [0.15, 0.2) is 12.3 Å². The topological polar surface area (TPSA) is 51.4 Å². The predicted molar refractivity (Wildman–Crippen MR) is 87.8 cm³/mol. The molecule has 0 spiro atoms. The first kappa shape index (κ1) is 16.2. The molecule has 1 saturated heterocycles. The Hall–Kier alpha value is -1.13. The third-order valence-electron chi connectivity index (χ3n) is 4.21. The second-order valence-electron chi connectivity index (χ2n) is 6.02. The average Bonchev–Trinajstić information content (AvgIpc) is 2.48. The minimum Gasteiger partial charge on any atom is -0.377 e. The first-order chi connectivity index (χ1) is 10.1. The second kappa shape index (κ2) is 7.76. The maximum absolute atomic E-state index is 6.03.